The van der Waals surface area contributed by atoms with Crippen LogP contribution < -0.4 is 4.90 Å². The maximum absolute atomic E-state index is 13.0. The van der Waals surface area contributed by atoms with Crippen molar-refractivity contribution >= 4 is 52.0 Å². The lowest BCUT2D eigenvalue weighted by Gasteiger charge is -2.16. The number of nitro benzene ring substituents is 1. The van der Waals surface area contributed by atoms with Crippen LogP contribution in [0, 0.1) is 10.1 Å². The normalized spacial score (nSPS) is 16.1. The van der Waals surface area contributed by atoms with Gasteiger partial charge in [-0.1, -0.05) is 11.6 Å². The van der Waals surface area contributed by atoms with Crippen LogP contribution in [-0.4, -0.2) is 16.1 Å². The van der Waals surface area contributed by atoms with Gasteiger partial charge in [0.1, 0.15) is 0 Å². The van der Waals surface area contributed by atoms with Gasteiger partial charge in [-0.05, 0) is 53.7 Å². The van der Waals surface area contributed by atoms with Crippen molar-refractivity contribution in [3.8, 4) is 0 Å². The highest BCUT2D eigenvalue weighted by molar-refractivity contribution is 8.19. The van der Waals surface area contributed by atoms with E-state index in [1.807, 2.05) is 0 Å². The summed E-state index contributed by atoms with van der Waals surface area (Å²) in [4.78, 5) is 35.4. The molecule has 1 aliphatic heterocycles. The lowest BCUT2D eigenvalue weighted by atomic mass is 10.1. The second-order valence-electron chi connectivity index (χ2n) is 5.53. The minimum absolute atomic E-state index is 0.0256. The summed E-state index contributed by atoms with van der Waals surface area (Å²) in [7, 11) is 0. The first-order chi connectivity index (χ1) is 13.1. The van der Waals surface area contributed by atoms with E-state index in [4.69, 9.17) is 11.6 Å². The highest BCUT2D eigenvalue weighted by atomic mass is 35.5. The molecule has 3 rings (SSSR count). The molecule has 1 aliphatic rings. The lowest BCUT2D eigenvalue weighted by Crippen LogP contribution is -2.28. The molecule has 2 amide bonds. The number of thioether (sulfide) groups is 1. The molecule has 0 N–H and O–H groups in total. The largest absolute Gasteiger partial charge is 0.417 e. The fourth-order valence-electron chi connectivity index (χ4n) is 2.40. The number of carbonyl (C=O) groups excluding carboxylic acids is 2. The van der Waals surface area contributed by atoms with Crippen molar-refractivity contribution in [3.63, 3.8) is 0 Å². The van der Waals surface area contributed by atoms with Crippen molar-refractivity contribution in [2.45, 2.75) is 6.18 Å². The first kappa shape index (κ1) is 19.9. The second kappa shape index (κ2) is 7.28. The number of anilines is 1. The van der Waals surface area contributed by atoms with Gasteiger partial charge in [-0.2, -0.15) is 13.2 Å². The van der Waals surface area contributed by atoms with Gasteiger partial charge in [-0.3, -0.25) is 19.7 Å². The summed E-state index contributed by atoms with van der Waals surface area (Å²) < 4.78 is 39.1. The third kappa shape index (κ3) is 3.87. The number of benzene rings is 2. The Morgan fingerprint density at radius 2 is 1.75 bits per heavy atom. The molecule has 11 heteroatoms. The molecule has 6 nitrogen and oxygen atoms in total. The predicted octanol–water partition coefficient (Wildman–Crippen LogP) is 5.51. The molecule has 0 atom stereocenters. The van der Waals surface area contributed by atoms with Crippen molar-refractivity contribution in [2.24, 2.45) is 0 Å². The van der Waals surface area contributed by atoms with Crippen LogP contribution in [0.15, 0.2) is 47.4 Å². The molecule has 1 heterocycles. The van der Waals surface area contributed by atoms with Crippen molar-refractivity contribution in [3.05, 3.63) is 73.6 Å². The summed E-state index contributed by atoms with van der Waals surface area (Å²) >= 11 is 6.11. The topological polar surface area (TPSA) is 80.5 Å². The fraction of sp³-hybridized carbons (Fsp3) is 0.0588. The zero-order valence-electron chi connectivity index (χ0n) is 13.6. The minimum atomic E-state index is -4.75. The van der Waals surface area contributed by atoms with Crippen LogP contribution in [0.3, 0.4) is 0 Å². The molecule has 1 fully saturated rings. The Kier molecular flexibility index (Phi) is 5.18. The molecule has 28 heavy (non-hydrogen) atoms. The summed E-state index contributed by atoms with van der Waals surface area (Å²) in [6.45, 7) is 0. The average Bonchev–Trinajstić information content (AvgIpc) is 2.89. The summed E-state index contributed by atoms with van der Waals surface area (Å²) in [6, 6.07) is 7.96. The first-order valence-corrected chi connectivity index (χ1v) is 8.66. The van der Waals surface area contributed by atoms with Gasteiger partial charge >= 0.3 is 6.18 Å². The Labute approximate surface area is 164 Å². The van der Waals surface area contributed by atoms with E-state index < -0.39 is 32.8 Å². The number of rotatable bonds is 3. The van der Waals surface area contributed by atoms with Crippen molar-refractivity contribution in [1.82, 2.24) is 0 Å². The molecule has 2 aromatic rings. The van der Waals surface area contributed by atoms with Crippen LogP contribution in [0.1, 0.15) is 11.1 Å². The van der Waals surface area contributed by atoms with Crippen molar-refractivity contribution in [1.29, 1.82) is 0 Å². The van der Waals surface area contributed by atoms with Gasteiger partial charge in [-0.25, -0.2) is 4.90 Å². The minimum Gasteiger partial charge on any atom is -0.268 e. The average molecular weight is 429 g/mol. The Bertz CT molecular complexity index is 1020. The summed E-state index contributed by atoms with van der Waals surface area (Å²) in [6.07, 6.45) is -3.42. The van der Waals surface area contributed by atoms with Gasteiger partial charge in [0.2, 0.25) is 0 Å². The zero-order valence-corrected chi connectivity index (χ0v) is 15.1. The number of halogens is 4. The van der Waals surface area contributed by atoms with Crippen LogP contribution in [-0.2, 0) is 11.0 Å². The maximum Gasteiger partial charge on any atom is 0.417 e. The van der Waals surface area contributed by atoms with E-state index >= 15 is 0 Å². The number of nitrogens with zero attached hydrogens (tertiary/aromatic N) is 2. The van der Waals surface area contributed by atoms with Gasteiger partial charge < -0.3 is 0 Å². The Balaban J connectivity index is 1.93. The van der Waals surface area contributed by atoms with Gasteiger partial charge in [-0.15, -0.1) is 0 Å². The van der Waals surface area contributed by atoms with E-state index in [1.54, 1.807) is 0 Å². The summed E-state index contributed by atoms with van der Waals surface area (Å²) in [5.74, 6) is -0.802. The Morgan fingerprint density at radius 3 is 2.32 bits per heavy atom. The monoisotopic (exact) mass is 428 g/mol. The quantitative estimate of drug-likeness (QED) is 0.366. The Hall–Kier alpha value is -2.85. The van der Waals surface area contributed by atoms with Crippen LogP contribution in [0.4, 0.5) is 29.3 Å². The van der Waals surface area contributed by atoms with E-state index in [2.05, 4.69) is 0 Å². The fourth-order valence-corrected chi connectivity index (χ4v) is 3.47. The van der Waals surface area contributed by atoms with Crippen molar-refractivity contribution in [2.75, 3.05) is 4.90 Å². The highest BCUT2D eigenvalue weighted by Gasteiger charge is 2.39. The van der Waals surface area contributed by atoms with E-state index in [0.29, 0.717) is 28.3 Å². The molecule has 2 aromatic carbocycles. The zero-order chi connectivity index (χ0) is 20.6. The van der Waals surface area contributed by atoms with Crippen LogP contribution in [0.5, 0.6) is 0 Å². The third-order valence-electron chi connectivity index (χ3n) is 3.71. The van der Waals surface area contributed by atoms with Crippen molar-refractivity contribution < 1.29 is 27.7 Å². The molecule has 1 saturated heterocycles. The van der Waals surface area contributed by atoms with Gasteiger partial charge in [0, 0.05) is 12.1 Å². The molecule has 0 radical (unpaired) electrons. The molecular formula is C17H8ClF3N2O4S. The molecule has 0 saturated carbocycles. The highest BCUT2D eigenvalue weighted by Crippen LogP contribution is 2.40. The van der Waals surface area contributed by atoms with E-state index in [9.17, 15) is 32.9 Å². The number of hydrogen-bond acceptors (Lipinski definition) is 5. The third-order valence-corrected chi connectivity index (χ3v) is 4.91. The number of nitro groups is 1. The van der Waals surface area contributed by atoms with Gasteiger partial charge in [0.25, 0.3) is 16.8 Å². The Morgan fingerprint density at radius 1 is 1.11 bits per heavy atom. The second-order valence-corrected chi connectivity index (χ2v) is 6.93. The molecule has 0 unspecified atom stereocenters. The molecule has 0 aromatic heterocycles. The number of non-ortho nitro benzene ring substituents is 1. The number of carbonyl (C=O) groups is 2. The van der Waals surface area contributed by atoms with E-state index in [-0.39, 0.29) is 16.3 Å². The van der Waals surface area contributed by atoms with E-state index in [0.717, 1.165) is 12.1 Å². The molecule has 144 valence electrons. The standard InChI is InChI=1S/C17H8ClF3N2O4S/c18-13-6-5-11(8-12(13)17(19,20)21)22-15(24)14(28-16(22)25)7-9-1-3-10(4-2-9)23(26)27/h1-8H/b14-7-. The summed E-state index contributed by atoms with van der Waals surface area (Å²) in [5.41, 5.74) is -1.15. The van der Waals surface area contributed by atoms with Crippen LogP contribution in [0.2, 0.25) is 5.02 Å². The molecular weight excluding hydrogens is 421 g/mol. The molecule has 0 bridgehead atoms. The predicted molar refractivity (Wildman–Crippen MR) is 98.0 cm³/mol. The maximum atomic E-state index is 13.0. The number of imide groups is 1. The van der Waals surface area contributed by atoms with Gasteiger partial charge in [0.05, 0.1) is 26.1 Å². The van der Waals surface area contributed by atoms with Crippen LogP contribution >= 0.6 is 23.4 Å². The van der Waals surface area contributed by atoms with Gasteiger partial charge in [0.15, 0.2) is 0 Å². The van der Waals surface area contributed by atoms with E-state index in [1.165, 1.54) is 30.3 Å². The first-order valence-electron chi connectivity index (χ1n) is 7.47. The number of hydrogen-bond donors (Lipinski definition) is 0. The SMILES string of the molecule is O=C1S/C(=C\c2ccc([N+](=O)[O-])cc2)C(=O)N1c1ccc(Cl)c(C(F)(F)F)c1. The lowest BCUT2D eigenvalue weighted by molar-refractivity contribution is -0.384. The number of amides is 2. The number of alkyl halides is 3. The van der Waals surface area contributed by atoms with Crippen LogP contribution in [0.25, 0.3) is 6.08 Å². The molecule has 0 aliphatic carbocycles. The smallest absolute Gasteiger partial charge is 0.268 e. The summed E-state index contributed by atoms with van der Waals surface area (Å²) in [5, 5.41) is 9.34. The molecule has 0 spiro atoms.